The molecule has 5 atom stereocenters. The minimum Gasteiger partial charge on any atom is -0.490 e. The molecule has 244 valence electrons. The molecule has 6 rings (SSSR count). The average Bonchev–Trinajstić information content (AvgIpc) is 3.63. The number of anilines is 2. The van der Waals surface area contributed by atoms with Crippen LogP contribution < -0.4 is 19.9 Å². The lowest BCUT2D eigenvalue weighted by Gasteiger charge is -2.44. The van der Waals surface area contributed by atoms with Gasteiger partial charge in [0.25, 0.3) is 5.91 Å². The van der Waals surface area contributed by atoms with Gasteiger partial charge in [-0.1, -0.05) is 25.1 Å². The molecule has 3 saturated heterocycles. The van der Waals surface area contributed by atoms with E-state index in [4.69, 9.17) is 9.47 Å². The van der Waals surface area contributed by atoms with E-state index in [1.165, 1.54) is 0 Å². The van der Waals surface area contributed by atoms with E-state index in [1.807, 2.05) is 54.4 Å². The summed E-state index contributed by atoms with van der Waals surface area (Å²) >= 11 is 0. The molecule has 2 amide bonds. The number of hydrogen-bond acceptors (Lipinski definition) is 8. The number of ether oxygens (including phenoxy) is 2. The Hall–Kier alpha value is -2.96. The molecule has 4 aliphatic heterocycles. The molecule has 11 heteroatoms. The average molecular weight is 637 g/mol. The van der Waals surface area contributed by atoms with Crippen LogP contribution >= 0.6 is 0 Å². The fraction of sp³-hybridized carbons (Fsp3) is 0.588. The van der Waals surface area contributed by atoms with E-state index < -0.39 is 20.0 Å². The van der Waals surface area contributed by atoms with Crippen LogP contribution in [0.5, 0.6) is 5.75 Å². The second kappa shape index (κ2) is 12.7. The van der Waals surface area contributed by atoms with Crippen LogP contribution in [0.25, 0.3) is 0 Å². The Labute approximate surface area is 267 Å². The number of nitrogens with one attached hydrogen (secondary N) is 1. The monoisotopic (exact) mass is 636 g/mol. The lowest BCUT2D eigenvalue weighted by molar-refractivity contribution is -0.133. The van der Waals surface area contributed by atoms with Crippen molar-refractivity contribution in [3.05, 3.63) is 54.1 Å². The highest BCUT2D eigenvalue weighted by Gasteiger charge is 2.54. The van der Waals surface area contributed by atoms with Gasteiger partial charge >= 0.3 is 0 Å². The number of aliphatic hydroxyl groups excluding tert-OH is 1. The van der Waals surface area contributed by atoms with Crippen LogP contribution in [0.2, 0.25) is 18.6 Å². The Kier molecular flexibility index (Phi) is 9.01. The van der Waals surface area contributed by atoms with Crippen LogP contribution in [0.1, 0.15) is 50.7 Å². The molecular formula is C34H48N4O6Si. The number of nitrogens with zero attached hydrogens (tertiary/aromatic N) is 3. The predicted molar refractivity (Wildman–Crippen MR) is 176 cm³/mol. The highest BCUT2D eigenvalue weighted by atomic mass is 28.4. The molecule has 2 aromatic carbocycles. The first-order chi connectivity index (χ1) is 21.6. The molecule has 1 unspecified atom stereocenters. The summed E-state index contributed by atoms with van der Waals surface area (Å²) in [4.78, 5) is 45.2. The fourth-order valence-electron chi connectivity index (χ4n) is 8.13. The Morgan fingerprint density at radius 2 is 1.89 bits per heavy atom. The number of benzene rings is 2. The van der Waals surface area contributed by atoms with Crippen molar-refractivity contribution >= 4 is 31.5 Å². The number of carbonyl (C=O) groups excluding carboxylic acids is 2. The highest BCUT2D eigenvalue weighted by Crippen LogP contribution is 2.49. The minimum absolute atomic E-state index is 0.0422. The van der Waals surface area contributed by atoms with Crippen molar-refractivity contribution in [2.24, 2.45) is 5.92 Å². The van der Waals surface area contributed by atoms with Crippen molar-refractivity contribution in [3.8, 4) is 5.75 Å². The van der Waals surface area contributed by atoms with Gasteiger partial charge in [-0.3, -0.25) is 14.5 Å². The van der Waals surface area contributed by atoms with Crippen molar-refractivity contribution < 1.29 is 29.0 Å². The van der Waals surface area contributed by atoms with Crippen LogP contribution in [0.3, 0.4) is 0 Å². The lowest BCUT2D eigenvalue weighted by atomic mass is 9.85. The topological polar surface area (TPSA) is 115 Å². The quantitative estimate of drug-likeness (QED) is 0.377. The number of methoxy groups -OCH3 is 1. The number of carbonyl (C=O) groups is 2. The van der Waals surface area contributed by atoms with E-state index >= 15 is 0 Å². The first kappa shape index (κ1) is 32.0. The van der Waals surface area contributed by atoms with Crippen LogP contribution in [0.15, 0.2) is 48.5 Å². The molecule has 4 heterocycles. The van der Waals surface area contributed by atoms with Crippen LogP contribution in [-0.2, 0) is 14.3 Å². The summed E-state index contributed by atoms with van der Waals surface area (Å²) in [6.45, 7) is 8.41. The summed E-state index contributed by atoms with van der Waals surface area (Å²) in [5, 5.41) is 13.2. The zero-order valence-electron chi connectivity index (χ0n) is 26.9. The molecule has 45 heavy (non-hydrogen) atoms. The summed E-state index contributed by atoms with van der Waals surface area (Å²) in [5.74, 6) is 0.563. The zero-order chi connectivity index (χ0) is 31.9. The first-order valence-electron chi connectivity index (χ1n) is 16.4. The summed E-state index contributed by atoms with van der Waals surface area (Å²) in [5.41, 5.74) is 1.74. The van der Waals surface area contributed by atoms with Crippen molar-refractivity contribution in [2.75, 3.05) is 49.8 Å². The van der Waals surface area contributed by atoms with Crippen LogP contribution in [0, 0.1) is 5.92 Å². The maximum atomic E-state index is 14.3. The highest BCUT2D eigenvalue weighted by molar-refractivity contribution is 6.71. The van der Waals surface area contributed by atoms with E-state index in [1.54, 1.807) is 12.0 Å². The maximum Gasteiger partial charge on any atom is 0.254 e. The fourth-order valence-corrected chi connectivity index (χ4v) is 9.98. The van der Waals surface area contributed by atoms with Gasteiger partial charge in [-0.2, -0.15) is 0 Å². The third-order valence-corrected chi connectivity index (χ3v) is 13.0. The third kappa shape index (κ3) is 5.78. The Balaban J connectivity index is 1.29. The Morgan fingerprint density at radius 3 is 2.56 bits per heavy atom. The molecule has 2 aromatic rings. The number of amides is 2. The Bertz CT molecular complexity index is 1380. The van der Waals surface area contributed by atoms with E-state index in [-0.39, 0.29) is 48.4 Å². The molecule has 10 nitrogen and oxygen atoms in total. The largest absolute Gasteiger partial charge is 0.490 e. The molecule has 4 aliphatic rings. The molecule has 1 spiro atoms. The summed E-state index contributed by atoms with van der Waals surface area (Å²) in [6, 6.07) is 15.9. The van der Waals surface area contributed by atoms with Gasteiger partial charge in [-0.15, -0.1) is 0 Å². The van der Waals surface area contributed by atoms with Crippen molar-refractivity contribution in [2.45, 2.75) is 81.5 Å². The third-order valence-electron chi connectivity index (χ3n) is 10.7. The van der Waals surface area contributed by atoms with Gasteiger partial charge in [0.1, 0.15) is 17.4 Å². The maximum absolute atomic E-state index is 14.3. The SMILES string of the molecule is CO[C@H]1c2cc(N3CN(c4ccccc4)C4(CCNCC4)C3=O)ccc2O[C@@H](C(CC(=O)N2CCC[C@H]2CO)[Si](C)(C)O)[C@@H]1C. The zero-order valence-corrected chi connectivity index (χ0v) is 27.9. The molecule has 0 bridgehead atoms. The van der Waals surface area contributed by atoms with E-state index in [9.17, 15) is 19.5 Å². The normalized spacial score (nSPS) is 27.1. The number of piperidine rings is 1. The Morgan fingerprint density at radius 1 is 1.16 bits per heavy atom. The number of aliphatic hydroxyl groups is 1. The predicted octanol–water partition coefficient (Wildman–Crippen LogP) is 3.65. The van der Waals surface area contributed by atoms with Crippen molar-refractivity contribution in [1.29, 1.82) is 0 Å². The molecular weight excluding hydrogens is 588 g/mol. The number of para-hydroxylation sites is 1. The molecule has 0 aliphatic carbocycles. The van der Waals surface area contributed by atoms with Gasteiger partial charge in [0, 0.05) is 48.5 Å². The summed E-state index contributed by atoms with van der Waals surface area (Å²) in [7, 11) is -1.20. The molecule has 0 radical (unpaired) electrons. The standard InChI is InChI=1S/C34H48N4O6Si/c1-23-31(43-2)27-19-25(37-22-38(24-9-6-5-7-10-24)34(33(37)41)14-16-35-17-15-34)12-13-28(27)44-32(23)29(45(3,4)42)20-30(40)36-18-8-11-26(36)21-39/h5-7,9-10,12-13,19,23,26,29,31-32,35,39,42H,8,11,14-18,20-22H2,1-4H3/t23-,26+,29?,31-,32-/m1/s1. The second-order valence-corrected chi connectivity index (χ2v) is 17.8. The van der Waals surface area contributed by atoms with Gasteiger partial charge in [0.2, 0.25) is 5.91 Å². The number of rotatable bonds is 8. The number of hydrogen-bond donors (Lipinski definition) is 3. The number of likely N-dealkylation sites (tertiary alicyclic amines) is 1. The van der Waals surface area contributed by atoms with Crippen molar-refractivity contribution in [1.82, 2.24) is 10.2 Å². The van der Waals surface area contributed by atoms with Gasteiger partial charge in [0.15, 0.2) is 8.32 Å². The smallest absolute Gasteiger partial charge is 0.254 e. The lowest BCUT2D eigenvalue weighted by Crippen LogP contribution is -2.55. The molecule has 3 N–H and O–H groups in total. The summed E-state index contributed by atoms with van der Waals surface area (Å²) in [6.07, 6.45) is 2.54. The van der Waals surface area contributed by atoms with Gasteiger partial charge in [-0.25, -0.2) is 0 Å². The first-order valence-corrected chi connectivity index (χ1v) is 19.4. The second-order valence-electron chi connectivity index (χ2n) is 13.8. The molecule has 0 aromatic heterocycles. The van der Waals surface area contributed by atoms with E-state index in [0.717, 1.165) is 55.7 Å². The van der Waals surface area contributed by atoms with Crippen LogP contribution in [-0.4, -0.2) is 92.6 Å². The van der Waals surface area contributed by atoms with Gasteiger partial charge in [-0.05, 0) is 82.2 Å². The molecule has 3 fully saturated rings. The van der Waals surface area contributed by atoms with Crippen LogP contribution in [0.4, 0.5) is 11.4 Å². The minimum atomic E-state index is -2.88. The van der Waals surface area contributed by atoms with Crippen molar-refractivity contribution in [3.63, 3.8) is 0 Å². The van der Waals surface area contributed by atoms with E-state index in [0.29, 0.717) is 19.0 Å². The van der Waals surface area contributed by atoms with Gasteiger partial charge < -0.3 is 34.5 Å². The van der Waals surface area contributed by atoms with Gasteiger partial charge in [0.05, 0.1) is 25.4 Å². The summed E-state index contributed by atoms with van der Waals surface area (Å²) < 4.78 is 12.8. The van der Waals surface area contributed by atoms with E-state index in [2.05, 4.69) is 29.3 Å². The molecule has 0 saturated carbocycles. The number of fused-ring (bicyclic) bond motifs is 1.